The van der Waals surface area contributed by atoms with Gasteiger partial charge in [-0.15, -0.1) is 0 Å². The molecule has 1 aromatic carbocycles. The Labute approximate surface area is 247 Å². The van der Waals surface area contributed by atoms with Gasteiger partial charge in [-0.3, -0.25) is 14.9 Å². The van der Waals surface area contributed by atoms with E-state index in [0.717, 1.165) is 5.56 Å². The zero-order chi connectivity index (χ0) is 30.1. The lowest BCUT2D eigenvalue weighted by atomic mass is 9.77. The number of ether oxygens (including phenoxy) is 2. The standard InChI is InChI=1S/C27H30Cl2N6O6/c1-26(2,3)41-25(37)34-13-12-33(15-16(34)9-11-30)22-21(35(38)39)20(31-24(29)32-22)14-27(23(36)40-4)10-8-17-18(27)6-5-7-19(17)28/h5-7,16H,8-10,12-15H2,1-4H3/t16-,27?/m0/s1. The van der Waals surface area contributed by atoms with Crippen LogP contribution in [-0.4, -0.2) is 70.2 Å². The zero-order valence-corrected chi connectivity index (χ0v) is 24.7. The summed E-state index contributed by atoms with van der Waals surface area (Å²) in [5, 5.41) is 22.2. The number of rotatable bonds is 6. The molecule has 1 saturated heterocycles. The number of fused-ring (bicyclic) bond motifs is 1. The van der Waals surface area contributed by atoms with E-state index in [1.54, 1.807) is 43.9 Å². The van der Waals surface area contributed by atoms with E-state index in [9.17, 15) is 25.0 Å². The van der Waals surface area contributed by atoms with Gasteiger partial charge in [0.15, 0.2) is 0 Å². The zero-order valence-electron chi connectivity index (χ0n) is 23.1. The first kappa shape index (κ1) is 30.3. The van der Waals surface area contributed by atoms with Gasteiger partial charge in [-0.1, -0.05) is 23.7 Å². The number of hydrogen-bond donors (Lipinski definition) is 0. The average Bonchev–Trinajstić information content (AvgIpc) is 3.27. The molecule has 1 aliphatic heterocycles. The Hall–Kier alpha value is -3.69. The van der Waals surface area contributed by atoms with Gasteiger partial charge in [0.05, 0.1) is 36.0 Å². The third-order valence-corrected chi connectivity index (χ3v) is 7.83. The molecule has 41 heavy (non-hydrogen) atoms. The van der Waals surface area contributed by atoms with Crippen LogP contribution in [0.25, 0.3) is 0 Å². The van der Waals surface area contributed by atoms with Crippen LogP contribution in [0.15, 0.2) is 18.2 Å². The van der Waals surface area contributed by atoms with E-state index in [-0.39, 0.29) is 49.3 Å². The minimum atomic E-state index is -1.27. The summed E-state index contributed by atoms with van der Waals surface area (Å²) in [5.41, 5.74) is -1.04. The highest BCUT2D eigenvalue weighted by atomic mass is 35.5. The number of nitriles is 1. The monoisotopic (exact) mass is 604 g/mol. The van der Waals surface area contributed by atoms with Crippen molar-refractivity contribution in [3.8, 4) is 6.07 Å². The smallest absolute Gasteiger partial charge is 0.410 e. The Morgan fingerprint density at radius 2 is 2.00 bits per heavy atom. The van der Waals surface area contributed by atoms with Crippen molar-refractivity contribution in [2.24, 2.45) is 0 Å². The molecule has 4 rings (SSSR count). The van der Waals surface area contributed by atoms with Crippen LogP contribution in [0.2, 0.25) is 10.3 Å². The van der Waals surface area contributed by atoms with Gasteiger partial charge in [0.2, 0.25) is 11.1 Å². The molecule has 2 heterocycles. The Kier molecular flexibility index (Phi) is 8.61. The molecule has 0 radical (unpaired) electrons. The number of hydrogen-bond acceptors (Lipinski definition) is 10. The van der Waals surface area contributed by atoms with Crippen LogP contribution in [0.1, 0.15) is 50.4 Å². The van der Waals surface area contributed by atoms with Gasteiger partial charge in [0, 0.05) is 31.1 Å². The van der Waals surface area contributed by atoms with Crippen molar-refractivity contribution >= 4 is 46.8 Å². The first-order valence-electron chi connectivity index (χ1n) is 13.0. The van der Waals surface area contributed by atoms with Gasteiger partial charge in [-0.05, 0) is 62.4 Å². The molecular formula is C27H30Cl2N6O6. The molecular weight excluding hydrogens is 575 g/mol. The third kappa shape index (κ3) is 6.01. The van der Waals surface area contributed by atoms with Crippen LogP contribution in [0.4, 0.5) is 16.3 Å². The largest absolute Gasteiger partial charge is 0.468 e. The van der Waals surface area contributed by atoms with E-state index in [2.05, 4.69) is 16.0 Å². The quantitative estimate of drug-likeness (QED) is 0.197. The molecule has 14 heteroatoms. The van der Waals surface area contributed by atoms with Crippen LogP contribution in [0.3, 0.4) is 0 Å². The summed E-state index contributed by atoms with van der Waals surface area (Å²) in [7, 11) is 1.26. The van der Waals surface area contributed by atoms with Crippen LogP contribution in [0.5, 0.6) is 0 Å². The number of benzene rings is 1. The summed E-state index contributed by atoms with van der Waals surface area (Å²) in [6, 6.07) is 6.66. The van der Waals surface area contributed by atoms with E-state index in [1.165, 1.54) is 12.0 Å². The highest BCUT2D eigenvalue weighted by Crippen LogP contribution is 2.46. The maximum Gasteiger partial charge on any atom is 0.410 e. The molecule has 1 aliphatic carbocycles. The Morgan fingerprint density at radius 1 is 1.27 bits per heavy atom. The number of nitro groups is 1. The number of carbonyl (C=O) groups is 2. The predicted octanol–water partition coefficient (Wildman–Crippen LogP) is 4.63. The molecule has 2 aliphatic rings. The van der Waals surface area contributed by atoms with Crippen molar-refractivity contribution in [2.45, 2.75) is 63.5 Å². The van der Waals surface area contributed by atoms with Gasteiger partial charge in [0.1, 0.15) is 11.3 Å². The van der Waals surface area contributed by atoms with Crippen LogP contribution in [0, 0.1) is 21.4 Å². The number of nitrogens with zero attached hydrogens (tertiary/aromatic N) is 6. The fourth-order valence-corrected chi connectivity index (χ4v) is 6.01. The number of methoxy groups -OCH3 is 1. The molecule has 0 saturated carbocycles. The van der Waals surface area contributed by atoms with Gasteiger partial charge in [-0.2, -0.15) is 10.2 Å². The first-order chi connectivity index (χ1) is 19.3. The lowest BCUT2D eigenvalue weighted by Crippen LogP contribution is -2.56. The van der Waals surface area contributed by atoms with Crippen molar-refractivity contribution in [2.75, 3.05) is 31.6 Å². The molecule has 1 amide bonds. The molecule has 2 aromatic rings. The first-order valence-corrected chi connectivity index (χ1v) is 13.8. The normalized spacial score (nSPS) is 20.3. The number of anilines is 1. The molecule has 218 valence electrons. The number of aromatic nitrogens is 2. The van der Waals surface area contributed by atoms with E-state index >= 15 is 0 Å². The van der Waals surface area contributed by atoms with Gasteiger partial charge < -0.3 is 19.3 Å². The summed E-state index contributed by atoms with van der Waals surface area (Å²) in [6.07, 6.45) is 0.0143. The Bertz CT molecular complexity index is 1420. The van der Waals surface area contributed by atoms with Crippen LogP contribution in [-0.2, 0) is 32.5 Å². The molecule has 0 bridgehead atoms. The molecule has 0 spiro atoms. The second kappa shape index (κ2) is 11.7. The molecule has 1 unspecified atom stereocenters. The van der Waals surface area contributed by atoms with Gasteiger partial charge in [-0.25, -0.2) is 9.78 Å². The van der Waals surface area contributed by atoms with Crippen molar-refractivity contribution < 1.29 is 24.0 Å². The fraction of sp³-hybridized carbons (Fsp3) is 0.519. The molecule has 1 aromatic heterocycles. The minimum Gasteiger partial charge on any atom is -0.468 e. The highest BCUT2D eigenvalue weighted by molar-refractivity contribution is 6.31. The number of piperazine rings is 1. The molecule has 2 atom stereocenters. The average molecular weight is 605 g/mol. The topological polar surface area (TPSA) is 152 Å². The fourth-order valence-electron chi connectivity index (χ4n) is 5.56. The number of halogens is 2. The summed E-state index contributed by atoms with van der Waals surface area (Å²) in [4.78, 5) is 49.5. The second-order valence-corrected chi connectivity index (χ2v) is 11.8. The number of amides is 1. The van der Waals surface area contributed by atoms with Gasteiger partial charge in [0.25, 0.3) is 0 Å². The maximum absolute atomic E-state index is 13.3. The van der Waals surface area contributed by atoms with Crippen LogP contribution < -0.4 is 4.90 Å². The highest BCUT2D eigenvalue weighted by Gasteiger charge is 2.49. The molecule has 12 nitrogen and oxygen atoms in total. The van der Waals surface area contributed by atoms with Crippen LogP contribution >= 0.6 is 23.2 Å². The van der Waals surface area contributed by atoms with Crippen molar-refractivity contribution in [3.05, 3.63) is 55.4 Å². The second-order valence-electron chi connectivity index (χ2n) is 11.0. The maximum atomic E-state index is 13.3. The number of carbonyl (C=O) groups excluding carboxylic acids is 2. The minimum absolute atomic E-state index is 0.0296. The third-order valence-electron chi connectivity index (χ3n) is 7.31. The summed E-state index contributed by atoms with van der Waals surface area (Å²) >= 11 is 12.7. The summed E-state index contributed by atoms with van der Waals surface area (Å²) < 4.78 is 10.7. The van der Waals surface area contributed by atoms with Gasteiger partial charge >= 0.3 is 17.7 Å². The van der Waals surface area contributed by atoms with Crippen molar-refractivity contribution in [3.63, 3.8) is 0 Å². The van der Waals surface area contributed by atoms with Crippen molar-refractivity contribution in [1.82, 2.24) is 14.9 Å². The Morgan fingerprint density at radius 3 is 2.63 bits per heavy atom. The number of esters is 1. The Balaban J connectivity index is 1.75. The van der Waals surface area contributed by atoms with Crippen molar-refractivity contribution in [1.29, 1.82) is 5.26 Å². The molecule has 0 N–H and O–H groups in total. The predicted molar refractivity (Wildman–Crippen MR) is 150 cm³/mol. The summed E-state index contributed by atoms with van der Waals surface area (Å²) in [6.45, 7) is 5.59. The summed E-state index contributed by atoms with van der Waals surface area (Å²) in [5.74, 6) is -0.620. The SMILES string of the molecule is COC(=O)C1(Cc2nc(Cl)nc(N3CCN(C(=O)OC(C)(C)C)[C@@H](CC#N)C3)c2[N+](=O)[O-])CCc2c(Cl)cccc21. The van der Waals surface area contributed by atoms with E-state index in [1.807, 2.05) is 0 Å². The lowest BCUT2D eigenvalue weighted by Gasteiger charge is -2.41. The van der Waals surface area contributed by atoms with E-state index < -0.39 is 39.7 Å². The lowest BCUT2D eigenvalue weighted by molar-refractivity contribution is -0.385. The van der Waals surface area contributed by atoms with E-state index in [0.29, 0.717) is 23.4 Å². The molecule has 1 fully saturated rings. The van der Waals surface area contributed by atoms with E-state index in [4.69, 9.17) is 32.7 Å².